The van der Waals surface area contributed by atoms with Crippen molar-refractivity contribution < 1.29 is 19.4 Å². The Hall–Kier alpha value is -2.14. The summed E-state index contributed by atoms with van der Waals surface area (Å²) in [5, 5.41) is 11.7. The Balaban J connectivity index is 1.81. The van der Waals surface area contributed by atoms with Gasteiger partial charge in [0, 0.05) is 39.3 Å². The van der Waals surface area contributed by atoms with Crippen molar-refractivity contribution in [2.45, 2.75) is 72.6 Å². The number of fused-ring (bicyclic) bond motifs is 1. The van der Waals surface area contributed by atoms with E-state index in [0.29, 0.717) is 13.1 Å². The Kier molecular flexibility index (Phi) is 7.49. The zero-order valence-corrected chi connectivity index (χ0v) is 20.3. The van der Waals surface area contributed by atoms with E-state index in [4.69, 9.17) is 4.74 Å². The number of aryl methyl sites for hydroxylation is 1. The van der Waals surface area contributed by atoms with Crippen LogP contribution in [0.5, 0.6) is 0 Å². The average molecular weight is 441 g/mol. The lowest BCUT2D eigenvalue weighted by Gasteiger charge is -2.53. The second-order valence-electron chi connectivity index (χ2n) is 9.97. The predicted molar refractivity (Wildman–Crippen MR) is 125 cm³/mol. The molecule has 2 aliphatic rings. The molecule has 3 rings (SSSR count). The van der Waals surface area contributed by atoms with Crippen molar-refractivity contribution in [3.05, 3.63) is 53.5 Å². The molecule has 1 aromatic rings. The van der Waals surface area contributed by atoms with Crippen molar-refractivity contribution in [1.82, 2.24) is 4.90 Å². The summed E-state index contributed by atoms with van der Waals surface area (Å²) >= 11 is 0. The molecular formula is C27H38NO4. The van der Waals surface area contributed by atoms with Gasteiger partial charge in [-0.3, -0.25) is 9.59 Å². The van der Waals surface area contributed by atoms with E-state index in [1.54, 1.807) is 6.92 Å². The minimum atomic E-state index is -1.02. The van der Waals surface area contributed by atoms with Crippen molar-refractivity contribution in [3.8, 4) is 0 Å². The van der Waals surface area contributed by atoms with E-state index in [0.717, 1.165) is 24.0 Å². The van der Waals surface area contributed by atoms with Crippen molar-refractivity contribution in [2.24, 2.45) is 23.7 Å². The van der Waals surface area contributed by atoms with Gasteiger partial charge < -0.3 is 14.7 Å². The highest BCUT2D eigenvalue weighted by Crippen LogP contribution is 2.50. The van der Waals surface area contributed by atoms with Gasteiger partial charge in [0.15, 0.2) is 0 Å². The maximum atomic E-state index is 12.5. The molecule has 0 aliphatic heterocycles. The molecule has 0 aromatic heterocycles. The molecule has 32 heavy (non-hydrogen) atoms. The van der Waals surface area contributed by atoms with Gasteiger partial charge in [0.1, 0.15) is 6.10 Å². The topological polar surface area (TPSA) is 66.8 Å². The molecule has 1 aromatic carbocycles. The van der Waals surface area contributed by atoms with Crippen LogP contribution in [0.25, 0.3) is 0 Å². The number of rotatable bonds is 6. The molecule has 5 nitrogen and oxygen atoms in total. The number of aliphatic hydroxyl groups is 1. The minimum Gasteiger partial charge on any atom is -0.458 e. The second kappa shape index (κ2) is 9.78. The van der Waals surface area contributed by atoms with E-state index in [-0.39, 0.29) is 35.5 Å². The maximum absolute atomic E-state index is 12.5. The highest BCUT2D eigenvalue weighted by Gasteiger charge is 2.53. The zero-order chi connectivity index (χ0) is 23.6. The molecule has 1 saturated carbocycles. The van der Waals surface area contributed by atoms with E-state index in [9.17, 15) is 14.7 Å². The van der Waals surface area contributed by atoms with Crippen LogP contribution in [0.1, 0.15) is 58.6 Å². The van der Waals surface area contributed by atoms with Gasteiger partial charge in [0.05, 0.1) is 5.60 Å². The highest BCUT2D eigenvalue weighted by atomic mass is 16.5. The van der Waals surface area contributed by atoms with Crippen LogP contribution >= 0.6 is 0 Å². The van der Waals surface area contributed by atoms with Crippen LogP contribution in [0.4, 0.5) is 0 Å². The number of ether oxygens (including phenoxy) is 1. The average Bonchev–Trinajstić information content (AvgIpc) is 2.71. The third-order valence-electron chi connectivity index (χ3n) is 7.63. The largest absolute Gasteiger partial charge is 0.458 e. The molecule has 1 N–H and O–H groups in total. The van der Waals surface area contributed by atoms with Gasteiger partial charge in [-0.1, -0.05) is 44.2 Å². The van der Waals surface area contributed by atoms with E-state index >= 15 is 0 Å². The summed E-state index contributed by atoms with van der Waals surface area (Å²) in [5.41, 5.74) is 2.29. The van der Waals surface area contributed by atoms with Gasteiger partial charge in [-0.25, -0.2) is 0 Å². The molecule has 5 heteroatoms. The Morgan fingerprint density at radius 2 is 1.91 bits per heavy atom. The van der Waals surface area contributed by atoms with Gasteiger partial charge in [0.25, 0.3) is 0 Å². The number of carbonyl (C=O) groups is 2. The molecule has 0 heterocycles. The maximum Gasteiger partial charge on any atom is 0.303 e. The van der Waals surface area contributed by atoms with Gasteiger partial charge in [-0.15, -0.1) is 0 Å². The van der Waals surface area contributed by atoms with Gasteiger partial charge in [0.2, 0.25) is 5.91 Å². The summed E-state index contributed by atoms with van der Waals surface area (Å²) < 4.78 is 5.46. The lowest BCUT2D eigenvalue weighted by Crippen LogP contribution is -2.56. The summed E-state index contributed by atoms with van der Waals surface area (Å²) in [5.74, 6) is 0.197. The summed E-state index contributed by atoms with van der Waals surface area (Å²) in [6.45, 7) is 12.6. The summed E-state index contributed by atoms with van der Waals surface area (Å²) in [4.78, 5) is 26.0. The number of amides is 1. The van der Waals surface area contributed by atoms with E-state index in [2.05, 4.69) is 39.0 Å². The molecule has 1 amide bonds. The third-order valence-corrected chi connectivity index (χ3v) is 7.63. The van der Waals surface area contributed by atoms with Crippen LogP contribution in [0, 0.1) is 37.0 Å². The SMILES string of the molecule is CC(=O)O[C@@H]1[CH][C@@]2(O)[C@H](C)CC[C@@H](C(C)CN(Cc3ccccc3C)C(C)=O)[C@H]2C=C1C. The smallest absolute Gasteiger partial charge is 0.303 e. The molecule has 1 radical (unpaired) electrons. The first-order chi connectivity index (χ1) is 15.0. The lowest BCUT2D eigenvalue weighted by atomic mass is 9.57. The molecule has 0 saturated heterocycles. The van der Waals surface area contributed by atoms with Crippen molar-refractivity contribution >= 4 is 11.9 Å². The Labute approximate surface area is 192 Å². The number of hydrogen-bond donors (Lipinski definition) is 1. The molecule has 1 unspecified atom stereocenters. The molecule has 6 atom stereocenters. The first kappa shape index (κ1) is 24.5. The van der Waals surface area contributed by atoms with Gasteiger partial charge in [-0.2, -0.15) is 0 Å². The quantitative estimate of drug-likeness (QED) is 0.524. The van der Waals surface area contributed by atoms with Gasteiger partial charge in [-0.05, 0) is 61.1 Å². The Bertz CT molecular complexity index is 878. The second-order valence-corrected chi connectivity index (χ2v) is 9.97. The highest BCUT2D eigenvalue weighted by molar-refractivity contribution is 5.73. The molecule has 2 aliphatic carbocycles. The lowest BCUT2D eigenvalue weighted by molar-refractivity contribution is -0.148. The van der Waals surface area contributed by atoms with Crippen molar-refractivity contribution in [2.75, 3.05) is 6.54 Å². The number of hydrogen-bond acceptors (Lipinski definition) is 4. The van der Waals surface area contributed by atoms with E-state index in [1.807, 2.05) is 30.4 Å². The van der Waals surface area contributed by atoms with Crippen LogP contribution in [-0.4, -0.2) is 40.1 Å². The molecule has 1 fully saturated rings. The zero-order valence-electron chi connectivity index (χ0n) is 20.3. The third kappa shape index (κ3) is 5.09. The fourth-order valence-electron chi connectivity index (χ4n) is 5.53. The number of esters is 1. The number of benzene rings is 1. The normalized spacial score (nSPS) is 30.7. The number of nitrogens with zero attached hydrogens (tertiary/aromatic N) is 1. The van der Waals surface area contributed by atoms with Crippen molar-refractivity contribution in [3.63, 3.8) is 0 Å². The predicted octanol–water partition coefficient (Wildman–Crippen LogP) is 4.47. The fourth-order valence-corrected chi connectivity index (χ4v) is 5.53. The Morgan fingerprint density at radius 1 is 1.22 bits per heavy atom. The van der Waals surface area contributed by atoms with Crippen LogP contribution in [0.15, 0.2) is 35.9 Å². The monoisotopic (exact) mass is 440 g/mol. The molecular weight excluding hydrogens is 402 g/mol. The Morgan fingerprint density at radius 3 is 2.53 bits per heavy atom. The van der Waals surface area contributed by atoms with Crippen molar-refractivity contribution in [1.29, 1.82) is 0 Å². The molecule has 0 bridgehead atoms. The number of carbonyl (C=O) groups excluding carboxylic acids is 2. The first-order valence-electron chi connectivity index (χ1n) is 11.8. The van der Waals surface area contributed by atoms with Gasteiger partial charge >= 0.3 is 5.97 Å². The minimum absolute atomic E-state index is 0.0553. The van der Waals surface area contributed by atoms with E-state index < -0.39 is 11.7 Å². The summed E-state index contributed by atoms with van der Waals surface area (Å²) in [7, 11) is 0. The summed E-state index contributed by atoms with van der Waals surface area (Å²) in [6.07, 6.45) is 5.37. The van der Waals surface area contributed by atoms with Crippen LogP contribution in [-0.2, 0) is 20.9 Å². The standard InChI is InChI=1S/C27H38NO4/c1-17-9-7-8-10-23(17)16-28(21(5)29)15-19(3)24-12-11-20(4)27(31)14-26(32-22(6)30)18(2)13-25(24)27/h7-10,13-14,19-20,24-26,31H,11-12,15-16H2,1-6H3/t19?,20-,24+,25-,26-,27-/m1/s1. The summed E-state index contributed by atoms with van der Waals surface area (Å²) in [6, 6.07) is 8.18. The molecule has 175 valence electrons. The van der Waals surface area contributed by atoms with Crippen LogP contribution < -0.4 is 0 Å². The van der Waals surface area contributed by atoms with Crippen LogP contribution in [0.3, 0.4) is 0 Å². The van der Waals surface area contributed by atoms with E-state index in [1.165, 1.54) is 12.5 Å². The fraction of sp³-hybridized carbons (Fsp3) is 0.593. The molecule has 0 spiro atoms. The first-order valence-corrected chi connectivity index (χ1v) is 11.8. The van der Waals surface area contributed by atoms with Crippen LogP contribution in [0.2, 0.25) is 0 Å².